The summed E-state index contributed by atoms with van der Waals surface area (Å²) in [7, 11) is 0. The molecule has 3 rings (SSSR count). The van der Waals surface area contributed by atoms with Crippen LogP contribution in [0.25, 0.3) is 22.4 Å². The molecule has 19 heavy (non-hydrogen) atoms. The Morgan fingerprint density at radius 3 is 2.79 bits per heavy atom. The van der Waals surface area contributed by atoms with Gasteiger partial charge in [0, 0.05) is 10.0 Å². The molecule has 2 aromatic carbocycles. The van der Waals surface area contributed by atoms with Crippen molar-refractivity contribution in [3.8, 4) is 11.4 Å². The fraction of sp³-hybridized carbons (Fsp3) is 0. The first kappa shape index (κ1) is 11.9. The minimum Gasteiger partial charge on any atom is -0.478 e. The largest absolute Gasteiger partial charge is 0.478 e. The average Bonchev–Trinajstić information content (AvgIpc) is 2.81. The molecule has 0 saturated heterocycles. The number of halogens is 1. The second kappa shape index (κ2) is 4.51. The van der Waals surface area contributed by atoms with Crippen molar-refractivity contribution in [3.05, 3.63) is 52.5 Å². The van der Waals surface area contributed by atoms with Gasteiger partial charge in [0.1, 0.15) is 5.82 Å². The van der Waals surface area contributed by atoms with E-state index in [2.05, 4.69) is 25.9 Å². The highest BCUT2D eigenvalue weighted by Gasteiger charge is 2.08. The van der Waals surface area contributed by atoms with Crippen LogP contribution in [0.4, 0.5) is 0 Å². The summed E-state index contributed by atoms with van der Waals surface area (Å²) in [6, 6.07) is 12.6. The Bertz CT molecular complexity index is 780. The van der Waals surface area contributed by atoms with Crippen molar-refractivity contribution >= 4 is 32.9 Å². The summed E-state index contributed by atoms with van der Waals surface area (Å²) in [4.78, 5) is 18.5. The Labute approximate surface area is 117 Å². The van der Waals surface area contributed by atoms with E-state index in [1.807, 2.05) is 24.3 Å². The molecule has 5 heteroatoms. The molecule has 1 aromatic heterocycles. The second-order valence-corrected chi connectivity index (χ2v) is 5.05. The van der Waals surface area contributed by atoms with Crippen LogP contribution in [0, 0.1) is 0 Å². The van der Waals surface area contributed by atoms with Gasteiger partial charge in [0.25, 0.3) is 0 Å². The normalized spacial score (nSPS) is 10.8. The zero-order valence-corrected chi connectivity index (χ0v) is 11.3. The van der Waals surface area contributed by atoms with Gasteiger partial charge in [-0.05, 0) is 30.3 Å². The molecular weight excluding hydrogens is 308 g/mol. The van der Waals surface area contributed by atoms with Crippen molar-refractivity contribution in [2.24, 2.45) is 0 Å². The van der Waals surface area contributed by atoms with Gasteiger partial charge < -0.3 is 10.1 Å². The topological polar surface area (TPSA) is 66.0 Å². The molecule has 1 heterocycles. The number of nitrogens with zero attached hydrogens (tertiary/aromatic N) is 1. The molecule has 2 N–H and O–H groups in total. The standard InChI is InChI=1S/C14H9BrN2O2/c15-10-3-1-2-8(6-10)13-16-11-5-4-9(14(18)19)7-12(11)17-13/h1-7H,(H,16,17)(H,18,19). The van der Waals surface area contributed by atoms with E-state index in [4.69, 9.17) is 5.11 Å². The molecule has 0 saturated carbocycles. The predicted molar refractivity (Wildman–Crippen MR) is 76.2 cm³/mol. The third-order valence-corrected chi connectivity index (χ3v) is 3.32. The molecule has 0 aliphatic heterocycles. The highest BCUT2D eigenvalue weighted by molar-refractivity contribution is 9.10. The minimum absolute atomic E-state index is 0.247. The van der Waals surface area contributed by atoms with Crippen LogP contribution >= 0.6 is 15.9 Å². The summed E-state index contributed by atoms with van der Waals surface area (Å²) in [5.41, 5.74) is 2.66. The molecule has 0 spiro atoms. The van der Waals surface area contributed by atoms with E-state index in [-0.39, 0.29) is 5.56 Å². The van der Waals surface area contributed by atoms with Crippen LogP contribution < -0.4 is 0 Å². The van der Waals surface area contributed by atoms with Gasteiger partial charge in [0.2, 0.25) is 0 Å². The van der Waals surface area contributed by atoms with Crippen molar-refractivity contribution < 1.29 is 9.90 Å². The molecular formula is C14H9BrN2O2. The van der Waals surface area contributed by atoms with E-state index >= 15 is 0 Å². The van der Waals surface area contributed by atoms with Gasteiger partial charge in [-0.15, -0.1) is 0 Å². The lowest BCUT2D eigenvalue weighted by atomic mass is 10.2. The molecule has 94 valence electrons. The van der Waals surface area contributed by atoms with Gasteiger partial charge >= 0.3 is 5.97 Å². The summed E-state index contributed by atoms with van der Waals surface area (Å²) in [5.74, 6) is -0.223. The van der Waals surface area contributed by atoms with Crippen molar-refractivity contribution in [1.82, 2.24) is 9.97 Å². The summed E-state index contributed by atoms with van der Waals surface area (Å²) in [5, 5.41) is 8.96. The molecule has 4 nitrogen and oxygen atoms in total. The van der Waals surface area contributed by atoms with Crippen molar-refractivity contribution in [2.75, 3.05) is 0 Å². The fourth-order valence-electron chi connectivity index (χ4n) is 1.92. The highest BCUT2D eigenvalue weighted by atomic mass is 79.9. The summed E-state index contributed by atoms with van der Waals surface area (Å²) >= 11 is 3.41. The number of rotatable bonds is 2. The average molecular weight is 317 g/mol. The van der Waals surface area contributed by atoms with Crippen LogP contribution in [-0.4, -0.2) is 21.0 Å². The molecule has 0 unspecified atom stereocenters. The maximum atomic E-state index is 10.9. The van der Waals surface area contributed by atoms with Crippen molar-refractivity contribution in [1.29, 1.82) is 0 Å². The first-order valence-electron chi connectivity index (χ1n) is 5.62. The predicted octanol–water partition coefficient (Wildman–Crippen LogP) is 3.69. The van der Waals surface area contributed by atoms with Crippen LogP contribution in [0.2, 0.25) is 0 Å². The maximum Gasteiger partial charge on any atom is 0.335 e. The third-order valence-electron chi connectivity index (χ3n) is 2.83. The lowest BCUT2D eigenvalue weighted by Crippen LogP contribution is -1.94. The van der Waals surface area contributed by atoms with Gasteiger partial charge in [-0.25, -0.2) is 9.78 Å². The Hall–Kier alpha value is -2.14. The first-order chi connectivity index (χ1) is 9.13. The number of nitrogens with one attached hydrogen (secondary N) is 1. The minimum atomic E-state index is -0.944. The molecule has 0 radical (unpaired) electrons. The van der Waals surface area contributed by atoms with Gasteiger partial charge in [0.05, 0.1) is 16.6 Å². The quantitative estimate of drug-likeness (QED) is 0.757. The number of carboxylic acid groups (broad SMARTS) is 1. The van der Waals surface area contributed by atoms with E-state index < -0.39 is 5.97 Å². The van der Waals surface area contributed by atoms with Crippen LogP contribution in [0.15, 0.2) is 46.9 Å². The number of aromatic nitrogens is 2. The smallest absolute Gasteiger partial charge is 0.335 e. The lowest BCUT2D eigenvalue weighted by Gasteiger charge is -1.96. The Morgan fingerprint density at radius 1 is 1.21 bits per heavy atom. The highest BCUT2D eigenvalue weighted by Crippen LogP contribution is 2.23. The number of hydrogen-bond donors (Lipinski definition) is 2. The number of aromatic amines is 1. The number of fused-ring (bicyclic) bond motifs is 1. The van der Waals surface area contributed by atoms with E-state index in [9.17, 15) is 4.79 Å². The molecule has 0 atom stereocenters. The number of benzene rings is 2. The summed E-state index contributed by atoms with van der Waals surface area (Å²) in [6.45, 7) is 0. The number of carboxylic acids is 1. The Morgan fingerprint density at radius 2 is 2.05 bits per heavy atom. The molecule has 0 aliphatic rings. The monoisotopic (exact) mass is 316 g/mol. The molecule has 0 bridgehead atoms. The zero-order valence-electron chi connectivity index (χ0n) is 9.72. The van der Waals surface area contributed by atoms with Crippen LogP contribution in [-0.2, 0) is 0 Å². The van der Waals surface area contributed by atoms with E-state index in [1.54, 1.807) is 18.2 Å². The van der Waals surface area contributed by atoms with E-state index in [0.717, 1.165) is 26.9 Å². The van der Waals surface area contributed by atoms with E-state index in [1.165, 1.54) is 0 Å². The van der Waals surface area contributed by atoms with Crippen LogP contribution in [0.1, 0.15) is 10.4 Å². The van der Waals surface area contributed by atoms with Gasteiger partial charge in [-0.2, -0.15) is 0 Å². The van der Waals surface area contributed by atoms with Gasteiger partial charge in [0.15, 0.2) is 0 Å². The number of carbonyl (C=O) groups is 1. The zero-order chi connectivity index (χ0) is 13.4. The molecule has 0 fully saturated rings. The third kappa shape index (κ3) is 2.24. The number of imidazole rings is 1. The number of aromatic carboxylic acids is 1. The lowest BCUT2D eigenvalue weighted by molar-refractivity contribution is 0.0697. The maximum absolute atomic E-state index is 10.9. The molecule has 0 amide bonds. The molecule has 0 aliphatic carbocycles. The second-order valence-electron chi connectivity index (χ2n) is 4.13. The number of H-pyrrole nitrogens is 1. The van der Waals surface area contributed by atoms with Crippen LogP contribution in [0.3, 0.4) is 0 Å². The van der Waals surface area contributed by atoms with E-state index in [0.29, 0.717) is 0 Å². The van der Waals surface area contributed by atoms with Gasteiger partial charge in [-0.3, -0.25) is 0 Å². The summed E-state index contributed by atoms with van der Waals surface area (Å²) in [6.07, 6.45) is 0. The van der Waals surface area contributed by atoms with Gasteiger partial charge in [-0.1, -0.05) is 28.1 Å². The Balaban J connectivity index is 2.14. The summed E-state index contributed by atoms with van der Waals surface area (Å²) < 4.78 is 0.969. The SMILES string of the molecule is O=C(O)c1ccc2nc(-c3cccc(Br)c3)[nH]c2c1. The fourth-order valence-corrected chi connectivity index (χ4v) is 2.31. The van der Waals surface area contributed by atoms with Crippen molar-refractivity contribution in [2.45, 2.75) is 0 Å². The molecule has 3 aromatic rings. The Kier molecular flexibility index (Phi) is 2.83. The number of hydrogen-bond acceptors (Lipinski definition) is 2. The first-order valence-corrected chi connectivity index (χ1v) is 6.42. The van der Waals surface area contributed by atoms with Crippen molar-refractivity contribution in [3.63, 3.8) is 0 Å². The van der Waals surface area contributed by atoms with Crippen LogP contribution in [0.5, 0.6) is 0 Å².